The molecule has 0 bridgehead atoms. The number of sulfone groups is 1. The molecule has 6 rings (SSSR count). The Morgan fingerprint density at radius 2 is 1.94 bits per heavy atom. The molecule has 2 aliphatic rings. The van der Waals surface area contributed by atoms with Crippen LogP contribution in [-0.4, -0.2) is 55.8 Å². The summed E-state index contributed by atoms with van der Waals surface area (Å²) in [7, 11) is -3.72. The Bertz CT molecular complexity index is 1630. The first kappa shape index (κ1) is 21.9. The number of carbonyl (C=O) groups excluding carboxylic acids is 1. The number of morpholine rings is 1. The van der Waals surface area contributed by atoms with Crippen LogP contribution in [0.5, 0.6) is 0 Å². The minimum absolute atomic E-state index is 0.000278. The van der Waals surface area contributed by atoms with Gasteiger partial charge < -0.3 is 14.1 Å². The summed E-state index contributed by atoms with van der Waals surface area (Å²) in [5.41, 5.74) is 1.48. The van der Waals surface area contributed by atoms with Crippen molar-refractivity contribution in [2.75, 3.05) is 19.4 Å². The van der Waals surface area contributed by atoms with Crippen LogP contribution in [0.15, 0.2) is 64.0 Å². The van der Waals surface area contributed by atoms with Gasteiger partial charge in [-0.15, -0.1) is 0 Å². The molecule has 2 fully saturated rings. The second-order valence-corrected chi connectivity index (χ2v) is 10.6. The highest BCUT2D eigenvalue weighted by Crippen LogP contribution is 2.37. The van der Waals surface area contributed by atoms with Gasteiger partial charge in [-0.1, -0.05) is 12.1 Å². The third-order valence-corrected chi connectivity index (χ3v) is 7.63. The predicted molar refractivity (Wildman–Crippen MR) is 122 cm³/mol. The fourth-order valence-corrected chi connectivity index (χ4v) is 5.24. The molecule has 4 heterocycles. The number of amides is 1. The van der Waals surface area contributed by atoms with Gasteiger partial charge in [0.15, 0.2) is 15.4 Å². The van der Waals surface area contributed by atoms with Crippen LogP contribution >= 0.6 is 0 Å². The van der Waals surface area contributed by atoms with E-state index in [0.29, 0.717) is 29.8 Å². The van der Waals surface area contributed by atoms with Crippen molar-refractivity contribution in [1.29, 1.82) is 0 Å². The first-order valence-electron chi connectivity index (χ1n) is 10.8. The monoisotopic (exact) mass is 496 g/mol. The van der Waals surface area contributed by atoms with Gasteiger partial charge in [0.25, 0.3) is 5.91 Å². The van der Waals surface area contributed by atoms with Gasteiger partial charge in [-0.2, -0.15) is 0 Å². The highest BCUT2D eigenvalue weighted by Gasteiger charge is 2.50. The topological polar surface area (TPSA) is 89.7 Å². The van der Waals surface area contributed by atoms with E-state index in [0.717, 1.165) is 12.3 Å². The highest BCUT2D eigenvalue weighted by atomic mass is 32.2. The first-order valence-corrected chi connectivity index (χ1v) is 12.7. The number of halogens is 2. The third kappa shape index (κ3) is 3.43. The smallest absolute Gasteiger partial charge is 0.257 e. The van der Waals surface area contributed by atoms with Crippen molar-refractivity contribution < 1.29 is 31.1 Å². The van der Waals surface area contributed by atoms with Crippen molar-refractivity contribution in [2.24, 2.45) is 0 Å². The van der Waals surface area contributed by atoms with Gasteiger partial charge in [0.1, 0.15) is 27.8 Å². The maximum atomic E-state index is 15.6. The number of furan rings is 1. The number of pyridine rings is 1. The molecular weight excluding hydrogens is 478 g/mol. The SMILES string of the molecule is CS(=O)(=O)c1ccc(-c2cc3nccc(-c4cccc(C(=O)N5C[C@H]6OCC65)c4F)c3o2)cc1F. The molecule has 0 aliphatic carbocycles. The van der Waals surface area contributed by atoms with E-state index in [1.54, 1.807) is 29.2 Å². The number of likely N-dealkylation sites (tertiary alicyclic amines) is 1. The van der Waals surface area contributed by atoms with Crippen LogP contribution in [0, 0.1) is 11.6 Å². The summed E-state index contributed by atoms with van der Waals surface area (Å²) in [6, 6.07) is 11.4. The molecular formula is C25H18F2N2O5S. The van der Waals surface area contributed by atoms with Gasteiger partial charge in [-0.3, -0.25) is 9.78 Å². The lowest BCUT2D eigenvalue weighted by molar-refractivity contribution is -0.195. The largest absolute Gasteiger partial charge is 0.454 e. The molecule has 0 radical (unpaired) electrons. The van der Waals surface area contributed by atoms with Crippen LogP contribution in [0.4, 0.5) is 8.78 Å². The average Bonchev–Trinajstić information content (AvgIpc) is 3.24. The van der Waals surface area contributed by atoms with E-state index in [1.165, 1.54) is 24.4 Å². The average molecular weight is 496 g/mol. The summed E-state index contributed by atoms with van der Waals surface area (Å²) in [5, 5.41) is 0. The lowest BCUT2D eigenvalue weighted by Crippen LogP contribution is -2.71. The number of fused-ring (bicyclic) bond motifs is 2. The molecule has 4 aromatic rings. The Labute approximate surface area is 198 Å². The van der Waals surface area contributed by atoms with E-state index in [9.17, 15) is 17.6 Å². The Morgan fingerprint density at radius 1 is 1.11 bits per heavy atom. The van der Waals surface area contributed by atoms with Crippen molar-refractivity contribution in [3.63, 3.8) is 0 Å². The molecule has 2 aromatic heterocycles. The Hall–Kier alpha value is -3.63. The van der Waals surface area contributed by atoms with Crippen LogP contribution in [0.1, 0.15) is 10.4 Å². The maximum Gasteiger partial charge on any atom is 0.257 e. The van der Waals surface area contributed by atoms with Crippen molar-refractivity contribution in [1.82, 2.24) is 9.88 Å². The zero-order valence-electron chi connectivity index (χ0n) is 18.4. The number of aromatic nitrogens is 1. The number of nitrogens with zero attached hydrogens (tertiary/aromatic N) is 2. The fourth-order valence-electron chi connectivity index (χ4n) is 4.52. The van der Waals surface area contributed by atoms with E-state index in [-0.39, 0.29) is 40.5 Å². The zero-order chi connectivity index (χ0) is 24.5. The van der Waals surface area contributed by atoms with Gasteiger partial charge in [0, 0.05) is 41.8 Å². The van der Waals surface area contributed by atoms with Crippen LogP contribution in [-0.2, 0) is 14.6 Å². The molecule has 2 aromatic carbocycles. The maximum absolute atomic E-state index is 15.6. The molecule has 10 heteroatoms. The summed E-state index contributed by atoms with van der Waals surface area (Å²) in [5.74, 6) is -1.72. The number of hydrogen-bond acceptors (Lipinski definition) is 6. The van der Waals surface area contributed by atoms with E-state index in [2.05, 4.69) is 4.98 Å². The van der Waals surface area contributed by atoms with Gasteiger partial charge in [-0.05, 0) is 30.3 Å². The summed E-state index contributed by atoms with van der Waals surface area (Å²) in [6.45, 7) is 0.909. The summed E-state index contributed by atoms with van der Waals surface area (Å²) in [4.78, 5) is 18.4. The minimum Gasteiger partial charge on any atom is -0.454 e. The number of carbonyl (C=O) groups is 1. The second kappa shape index (κ2) is 7.69. The molecule has 1 amide bonds. The fraction of sp³-hybridized carbons (Fsp3) is 0.200. The quantitative estimate of drug-likeness (QED) is 0.423. The molecule has 2 aliphatic heterocycles. The summed E-state index contributed by atoms with van der Waals surface area (Å²) in [6.07, 6.45) is 2.46. The highest BCUT2D eigenvalue weighted by molar-refractivity contribution is 7.90. The van der Waals surface area contributed by atoms with Crippen LogP contribution < -0.4 is 0 Å². The predicted octanol–water partition coefficient (Wildman–Crippen LogP) is 4.07. The lowest BCUT2D eigenvalue weighted by atomic mass is 9.93. The van der Waals surface area contributed by atoms with E-state index >= 15 is 4.39 Å². The van der Waals surface area contributed by atoms with Crippen molar-refractivity contribution >= 4 is 26.8 Å². The first-order chi connectivity index (χ1) is 16.7. The third-order valence-electron chi connectivity index (χ3n) is 6.50. The second-order valence-electron chi connectivity index (χ2n) is 8.66. The minimum atomic E-state index is -3.72. The molecule has 2 saturated heterocycles. The Balaban J connectivity index is 1.40. The summed E-state index contributed by atoms with van der Waals surface area (Å²) >= 11 is 0. The Kier molecular flexibility index (Phi) is 4.81. The molecule has 1 unspecified atom stereocenters. The van der Waals surface area contributed by atoms with Crippen molar-refractivity contribution in [2.45, 2.75) is 17.0 Å². The van der Waals surface area contributed by atoms with Gasteiger partial charge in [0.05, 0.1) is 24.3 Å². The number of benzene rings is 2. The molecule has 0 spiro atoms. The van der Waals surface area contributed by atoms with E-state index in [4.69, 9.17) is 9.15 Å². The standard InChI is InChI=1S/C25H18F2N2O5S/c1-35(31,32)22-6-5-13(9-17(22)26)20-10-18-24(34-20)15(7-8-28-18)14-3-2-4-16(23(14)27)25(30)29-11-21-19(29)12-33-21/h2-10,19,21H,11-12H2,1H3/t19?,21-/m1/s1. The molecule has 35 heavy (non-hydrogen) atoms. The van der Waals surface area contributed by atoms with E-state index in [1.807, 2.05) is 0 Å². The van der Waals surface area contributed by atoms with Gasteiger partial charge >= 0.3 is 0 Å². The summed E-state index contributed by atoms with van der Waals surface area (Å²) < 4.78 is 64.7. The van der Waals surface area contributed by atoms with Crippen LogP contribution in [0.2, 0.25) is 0 Å². The normalized spacial score (nSPS) is 19.2. The molecule has 0 N–H and O–H groups in total. The van der Waals surface area contributed by atoms with Gasteiger partial charge in [-0.25, -0.2) is 17.2 Å². The number of ether oxygens (including phenoxy) is 1. The zero-order valence-corrected chi connectivity index (χ0v) is 19.2. The lowest BCUT2D eigenvalue weighted by Gasteiger charge is -2.54. The molecule has 178 valence electrons. The molecule has 0 saturated carbocycles. The van der Waals surface area contributed by atoms with Crippen LogP contribution in [0.25, 0.3) is 33.6 Å². The molecule has 2 atom stereocenters. The molecule has 7 nitrogen and oxygen atoms in total. The van der Waals surface area contributed by atoms with Gasteiger partial charge in [0.2, 0.25) is 0 Å². The van der Waals surface area contributed by atoms with Crippen molar-refractivity contribution in [3.05, 3.63) is 71.9 Å². The van der Waals surface area contributed by atoms with Crippen molar-refractivity contribution in [3.8, 4) is 22.5 Å². The van der Waals surface area contributed by atoms with E-state index < -0.39 is 26.4 Å². The van der Waals surface area contributed by atoms with Crippen LogP contribution in [0.3, 0.4) is 0 Å². The number of rotatable bonds is 4. The number of hydrogen-bond donors (Lipinski definition) is 0. The Morgan fingerprint density at radius 3 is 2.60 bits per heavy atom.